The highest BCUT2D eigenvalue weighted by molar-refractivity contribution is 6.00. The molecular formula is C53H45N6O2. The zero-order chi connectivity index (χ0) is 41.9. The number of fused-ring (bicyclic) bond motifs is 8. The van der Waals surface area contributed by atoms with Gasteiger partial charge >= 0.3 is 0 Å². The van der Waals surface area contributed by atoms with Crippen molar-refractivity contribution in [1.82, 2.24) is 25.0 Å². The lowest BCUT2D eigenvalue weighted by Crippen LogP contribution is -2.48. The minimum Gasteiger partial charge on any atom is -0.354 e. The molecule has 1 unspecified atom stereocenters. The lowest BCUT2D eigenvalue weighted by atomic mass is 9.86. The molecule has 1 fully saturated rings. The number of carbonyl (C=O) groups excluding carboxylic acids is 1. The van der Waals surface area contributed by atoms with Crippen LogP contribution in [0.15, 0.2) is 140 Å². The van der Waals surface area contributed by atoms with Crippen molar-refractivity contribution in [2.24, 2.45) is 5.92 Å². The van der Waals surface area contributed by atoms with Crippen LogP contribution < -0.4 is 5.32 Å². The third-order valence-corrected chi connectivity index (χ3v) is 12.3. The minimum absolute atomic E-state index is 0.156. The number of hydroxylamine groups is 2. The molecule has 8 nitrogen and oxygen atoms in total. The van der Waals surface area contributed by atoms with Gasteiger partial charge in [-0.2, -0.15) is 0 Å². The van der Waals surface area contributed by atoms with Gasteiger partial charge in [0.2, 0.25) is 5.91 Å². The molecule has 10 rings (SSSR count). The van der Waals surface area contributed by atoms with Crippen LogP contribution in [0.3, 0.4) is 0 Å². The predicted molar refractivity (Wildman–Crippen MR) is 248 cm³/mol. The Labute approximate surface area is 355 Å². The second-order valence-electron chi connectivity index (χ2n) is 17.2. The van der Waals surface area contributed by atoms with Crippen molar-refractivity contribution in [2.45, 2.75) is 45.2 Å². The molecule has 7 aromatic rings. The number of amides is 1. The van der Waals surface area contributed by atoms with Gasteiger partial charge in [-0.3, -0.25) is 4.79 Å². The highest BCUT2D eigenvalue weighted by atomic mass is 16.5. The Hall–Kier alpha value is -7.13. The van der Waals surface area contributed by atoms with Crippen LogP contribution in [0.25, 0.3) is 90.9 Å². The van der Waals surface area contributed by atoms with Crippen LogP contribution in [-0.4, -0.2) is 42.0 Å². The summed E-state index contributed by atoms with van der Waals surface area (Å²) in [5.41, 5.74) is 14.2. The fourth-order valence-corrected chi connectivity index (χ4v) is 9.35. The van der Waals surface area contributed by atoms with Crippen molar-refractivity contribution >= 4 is 58.0 Å². The molecule has 1 saturated heterocycles. The first-order valence-electron chi connectivity index (χ1n) is 20.8. The summed E-state index contributed by atoms with van der Waals surface area (Å²) in [5.74, 6) is -0.612. The van der Waals surface area contributed by atoms with Gasteiger partial charge in [0.1, 0.15) is 0 Å². The maximum Gasteiger partial charge on any atom is 0.229 e. The second kappa shape index (κ2) is 14.9. The van der Waals surface area contributed by atoms with Crippen molar-refractivity contribution in [3.8, 4) is 44.5 Å². The zero-order valence-electron chi connectivity index (χ0n) is 34.5. The van der Waals surface area contributed by atoms with Gasteiger partial charge in [-0.25, -0.2) is 9.97 Å². The Balaban J connectivity index is 1.21. The van der Waals surface area contributed by atoms with Crippen molar-refractivity contribution in [2.75, 3.05) is 5.32 Å². The molecule has 1 amide bonds. The number of carbonyl (C=O) groups is 1. The molecule has 299 valence electrons. The number of rotatable bonds is 6. The van der Waals surface area contributed by atoms with Crippen LogP contribution >= 0.6 is 0 Å². The highest BCUT2D eigenvalue weighted by Crippen LogP contribution is 2.45. The van der Waals surface area contributed by atoms with Gasteiger partial charge in [-0.05, 0) is 117 Å². The SMILES string of the molecule is CC1(C)CC(C(=O)Nc2ccc(-c3c4nc(c(-c5ccccc5)c5ccc([nH]5)c(-c5ccccc5)c5nc(c(-c6ccccc6)c6ccc3[nH]6)C=C5)C=C4)cc2)C(C)(C)N1[O]. The van der Waals surface area contributed by atoms with Crippen LogP contribution in [0.4, 0.5) is 5.69 Å². The summed E-state index contributed by atoms with van der Waals surface area (Å²) in [6, 6.07) is 47.5. The number of aromatic nitrogens is 4. The van der Waals surface area contributed by atoms with Gasteiger partial charge in [0.15, 0.2) is 0 Å². The van der Waals surface area contributed by atoms with Crippen molar-refractivity contribution in [3.05, 3.63) is 162 Å². The second-order valence-corrected chi connectivity index (χ2v) is 17.2. The monoisotopic (exact) mass is 797 g/mol. The van der Waals surface area contributed by atoms with Gasteiger partial charge in [-0.1, -0.05) is 103 Å². The molecule has 3 aromatic heterocycles. The van der Waals surface area contributed by atoms with E-state index >= 15 is 0 Å². The molecule has 0 spiro atoms. The summed E-state index contributed by atoms with van der Waals surface area (Å²) >= 11 is 0. The lowest BCUT2D eigenvalue weighted by Gasteiger charge is -2.33. The molecule has 8 bridgehead atoms. The van der Waals surface area contributed by atoms with E-state index in [1.165, 1.54) is 0 Å². The molecule has 0 aliphatic carbocycles. The van der Waals surface area contributed by atoms with Gasteiger partial charge in [0, 0.05) is 55.5 Å². The van der Waals surface area contributed by atoms with Gasteiger partial charge in [0.25, 0.3) is 0 Å². The van der Waals surface area contributed by atoms with Crippen molar-refractivity contribution in [1.29, 1.82) is 0 Å². The van der Waals surface area contributed by atoms with E-state index < -0.39 is 17.0 Å². The average molecular weight is 798 g/mol. The van der Waals surface area contributed by atoms with Crippen LogP contribution in [0, 0.1) is 5.92 Å². The largest absolute Gasteiger partial charge is 0.354 e. The Morgan fingerprint density at radius 2 is 0.869 bits per heavy atom. The van der Waals surface area contributed by atoms with E-state index in [1.807, 2.05) is 70.2 Å². The molecule has 0 saturated carbocycles. The number of aromatic amines is 2. The average Bonchev–Trinajstić information content (AvgIpc) is 4.13. The zero-order valence-corrected chi connectivity index (χ0v) is 34.5. The summed E-state index contributed by atoms with van der Waals surface area (Å²) in [6.45, 7) is 7.50. The lowest BCUT2D eigenvalue weighted by molar-refractivity contribution is -0.247. The Morgan fingerprint density at radius 1 is 0.525 bits per heavy atom. The van der Waals surface area contributed by atoms with Crippen LogP contribution in [0.5, 0.6) is 0 Å². The van der Waals surface area contributed by atoms with Crippen LogP contribution in [0.2, 0.25) is 0 Å². The number of H-pyrrole nitrogens is 2. The van der Waals surface area contributed by atoms with E-state index in [4.69, 9.17) is 9.97 Å². The topological polar surface area (TPSA) is 110 Å². The molecule has 1 radical (unpaired) electrons. The number of hydrogen-bond acceptors (Lipinski definition) is 4. The number of anilines is 1. The quantitative estimate of drug-likeness (QED) is 0.156. The van der Waals surface area contributed by atoms with Gasteiger partial charge in [-0.15, -0.1) is 10.3 Å². The first-order chi connectivity index (χ1) is 29.5. The molecule has 3 aliphatic rings. The molecule has 6 heterocycles. The normalized spacial score (nSPS) is 16.5. The van der Waals surface area contributed by atoms with Crippen molar-refractivity contribution < 1.29 is 10.0 Å². The molecule has 3 aliphatic heterocycles. The number of benzene rings is 4. The fourth-order valence-electron chi connectivity index (χ4n) is 9.35. The molecule has 3 N–H and O–H groups in total. The first-order valence-corrected chi connectivity index (χ1v) is 20.8. The molecular weight excluding hydrogens is 753 g/mol. The molecule has 61 heavy (non-hydrogen) atoms. The van der Waals surface area contributed by atoms with E-state index in [2.05, 4.69) is 137 Å². The van der Waals surface area contributed by atoms with Gasteiger partial charge < -0.3 is 15.3 Å². The molecule has 1 atom stereocenters. The summed E-state index contributed by atoms with van der Waals surface area (Å²) in [7, 11) is 0. The Kier molecular flexibility index (Phi) is 9.27. The standard InChI is InChI=1S/C53H45N6O2/c1-52(2)32-38(53(3,4)59(52)61)51(60)54-37-22-20-36(21-23-37)50-45-30-28-43(57-45)48(34-16-10-6-11-17-34)41-26-24-39(55-41)47(33-14-8-5-9-15-33)40-25-27-42(56-40)49(35-18-12-7-13-19-35)44-29-31-46(50)58-44/h5-31,38,55,58H,32H2,1-4H3,(H,54,60). The highest BCUT2D eigenvalue weighted by Gasteiger charge is 2.55. The maximum atomic E-state index is 13.7. The van der Waals surface area contributed by atoms with E-state index in [9.17, 15) is 10.0 Å². The summed E-state index contributed by atoms with van der Waals surface area (Å²) < 4.78 is 0. The molecule has 8 heteroatoms. The summed E-state index contributed by atoms with van der Waals surface area (Å²) in [6.07, 6.45) is 8.87. The number of nitrogens with zero attached hydrogens (tertiary/aromatic N) is 3. The van der Waals surface area contributed by atoms with E-state index in [1.54, 1.807) is 0 Å². The first kappa shape index (κ1) is 38.1. The smallest absolute Gasteiger partial charge is 0.229 e. The predicted octanol–water partition coefficient (Wildman–Crippen LogP) is 12.5. The van der Waals surface area contributed by atoms with Crippen LogP contribution in [0.1, 0.15) is 56.9 Å². The number of nitrogens with one attached hydrogen (secondary N) is 3. The maximum absolute atomic E-state index is 13.7. The Morgan fingerprint density at radius 3 is 1.20 bits per heavy atom. The van der Waals surface area contributed by atoms with E-state index in [0.29, 0.717) is 12.1 Å². The summed E-state index contributed by atoms with van der Waals surface area (Å²) in [5, 5.41) is 17.3. The van der Waals surface area contributed by atoms with E-state index in [0.717, 1.165) is 94.4 Å². The summed E-state index contributed by atoms with van der Waals surface area (Å²) in [4.78, 5) is 32.1. The van der Waals surface area contributed by atoms with Gasteiger partial charge in [0.05, 0.1) is 34.2 Å². The van der Waals surface area contributed by atoms with Crippen LogP contribution in [-0.2, 0) is 10.0 Å². The van der Waals surface area contributed by atoms with Crippen molar-refractivity contribution in [3.63, 3.8) is 0 Å². The fraction of sp³-hybridized carbons (Fsp3) is 0.151. The number of hydrogen-bond donors (Lipinski definition) is 3. The Bertz CT molecular complexity index is 3010. The third kappa shape index (κ3) is 6.80. The minimum atomic E-state index is -0.825. The molecule has 4 aromatic carbocycles. The van der Waals surface area contributed by atoms with E-state index in [-0.39, 0.29) is 5.91 Å². The third-order valence-electron chi connectivity index (χ3n) is 12.3.